The van der Waals surface area contributed by atoms with Gasteiger partial charge in [0.15, 0.2) is 0 Å². The van der Waals surface area contributed by atoms with Gasteiger partial charge < -0.3 is 9.88 Å². The molecule has 5 heteroatoms. The van der Waals surface area contributed by atoms with Gasteiger partial charge in [0.25, 0.3) is 5.91 Å². The maximum Gasteiger partial charge on any atom is 0.255 e. The molecule has 0 saturated carbocycles. The molecule has 0 saturated heterocycles. The van der Waals surface area contributed by atoms with E-state index < -0.39 is 0 Å². The molecule has 0 atom stereocenters. The van der Waals surface area contributed by atoms with Crippen LogP contribution in [0.3, 0.4) is 0 Å². The van der Waals surface area contributed by atoms with Crippen LogP contribution < -0.4 is 0 Å². The molecule has 0 fully saturated rings. The summed E-state index contributed by atoms with van der Waals surface area (Å²) in [6, 6.07) is 9.84. The molecule has 0 bridgehead atoms. The largest absolute Gasteiger partial charge is 0.346 e. The maximum absolute atomic E-state index is 13.2. The number of nitrogens with one attached hydrogen (secondary N) is 1. The van der Waals surface area contributed by atoms with Crippen LogP contribution in [0.5, 0.6) is 0 Å². The molecule has 24 heavy (non-hydrogen) atoms. The number of aromatic amines is 1. The Kier molecular flexibility index (Phi) is 4.34. The quantitative estimate of drug-likeness (QED) is 0.793. The van der Waals surface area contributed by atoms with Crippen LogP contribution in [0.25, 0.3) is 22.3 Å². The summed E-state index contributed by atoms with van der Waals surface area (Å²) in [6.45, 7) is 8.15. The molecule has 2 heterocycles. The molecule has 1 N–H and O–H groups in total. The maximum atomic E-state index is 13.2. The number of H-pyrrole nitrogens is 1. The van der Waals surface area contributed by atoms with Gasteiger partial charge in [0.2, 0.25) is 0 Å². The first kappa shape index (κ1) is 16.2. The van der Waals surface area contributed by atoms with E-state index in [1.165, 1.54) is 6.33 Å². The van der Waals surface area contributed by atoms with Gasteiger partial charge in [-0.2, -0.15) is 0 Å². The van der Waals surface area contributed by atoms with E-state index in [9.17, 15) is 4.79 Å². The lowest BCUT2D eigenvalue weighted by Gasteiger charge is -2.31. The third-order valence-corrected chi connectivity index (χ3v) is 4.11. The highest BCUT2D eigenvalue weighted by molar-refractivity contribution is 6.04. The second-order valence-electron chi connectivity index (χ2n) is 6.41. The zero-order chi connectivity index (χ0) is 17.3. The Balaban J connectivity index is 2.15. The Bertz CT molecular complexity index is 858. The van der Waals surface area contributed by atoms with Gasteiger partial charge in [-0.3, -0.25) is 4.79 Å². The van der Waals surface area contributed by atoms with Crippen molar-refractivity contribution < 1.29 is 4.79 Å². The minimum absolute atomic E-state index is 0.0258. The van der Waals surface area contributed by atoms with Gasteiger partial charge in [0.1, 0.15) is 12.0 Å². The molecule has 0 radical (unpaired) electrons. The fourth-order valence-corrected chi connectivity index (χ4v) is 3.17. The summed E-state index contributed by atoms with van der Waals surface area (Å²) >= 11 is 0. The van der Waals surface area contributed by atoms with Crippen molar-refractivity contribution in [2.45, 2.75) is 39.8 Å². The summed E-state index contributed by atoms with van der Waals surface area (Å²) in [7, 11) is 0. The molecule has 5 nitrogen and oxygen atoms in total. The van der Waals surface area contributed by atoms with E-state index in [0.717, 1.165) is 22.3 Å². The highest BCUT2D eigenvalue weighted by Gasteiger charge is 2.24. The fourth-order valence-electron chi connectivity index (χ4n) is 3.17. The number of fused-ring (bicyclic) bond motifs is 1. The molecule has 0 unspecified atom stereocenters. The van der Waals surface area contributed by atoms with Gasteiger partial charge in [-0.1, -0.05) is 18.2 Å². The Morgan fingerprint density at radius 1 is 1.04 bits per heavy atom. The van der Waals surface area contributed by atoms with E-state index in [-0.39, 0.29) is 18.0 Å². The van der Waals surface area contributed by atoms with Crippen LogP contribution in [0, 0.1) is 0 Å². The second-order valence-corrected chi connectivity index (χ2v) is 6.41. The number of benzene rings is 1. The lowest BCUT2D eigenvalue weighted by Crippen LogP contribution is -2.42. The average molecular weight is 322 g/mol. The van der Waals surface area contributed by atoms with E-state index in [2.05, 4.69) is 15.0 Å². The SMILES string of the molecule is CC(C)N(C(=O)c1ccccc1-c1ncnc2[nH]ccc12)C(C)C. The van der Waals surface area contributed by atoms with Gasteiger partial charge in [-0.25, -0.2) is 9.97 Å². The monoisotopic (exact) mass is 322 g/mol. The molecule has 2 aromatic heterocycles. The Morgan fingerprint density at radius 2 is 1.75 bits per heavy atom. The summed E-state index contributed by atoms with van der Waals surface area (Å²) in [5, 5.41) is 0.915. The Labute approximate surface area is 141 Å². The van der Waals surface area contributed by atoms with E-state index in [1.54, 1.807) is 0 Å². The zero-order valence-electron chi connectivity index (χ0n) is 14.4. The molecule has 1 amide bonds. The predicted molar refractivity (Wildman–Crippen MR) is 95.8 cm³/mol. The Hall–Kier alpha value is -2.69. The topological polar surface area (TPSA) is 61.9 Å². The van der Waals surface area contributed by atoms with E-state index in [4.69, 9.17) is 0 Å². The molecular weight excluding hydrogens is 300 g/mol. The molecule has 1 aromatic carbocycles. The summed E-state index contributed by atoms with van der Waals surface area (Å²) in [5.74, 6) is 0.0258. The average Bonchev–Trinajstić information content (AvgIpc) is 3.02. The van der Waals surface area contributed by atoms with Crippen molar-refractivity contribution >= 4 is 16.9 Å². The van der Waals surface area contributed by atoms with Gasteiger partial charge >= 0.3 is 0 Å². The normalized spacial score (nSPS) is 11.4. The first-order valence-electron chi connectivity index (χ1n) is 8.21. The molecule has 3 aromatic rings. The number of hydrogen-bond acceptors (Lipinski definition) is 3. The molecule has 0 aliphatic carbocycles. The molecule has 0 aliphatic rings. The van der Waals surface area contributed by atoms with E-state index in [1.807, 2.05) is 69.1 Å². The van der Waals surface area contributed by atoms with Gasteiger partial charge in [0.05, 0.1) is 5.69 Å². The van der Waals surface area contributed by atoms with E-state index >= 15 is 0 Å². The van der Waals surface area contributed by atoms with Crippen LogP contribution >= 0.6 is 0 Å². The number of aromatic nitrogens is 3. The van der Waals surface area contributed by atoms with Crippen LogP contribution in [0.1, 0.15) is 38.1 Å². The number of carbonyl (C=O) groups is 1. The van der Waals surface area contributed by atoms with Crippen LogP contribution in [-0.4, -0.2) is 37.8 Å². The molecule has 124 valence electrons. The van der Waals surface area contributed by atoms with Gasteiger partial charge in [-0.15, -0.1) is 0 Å². The van der Waals surface area contributed by atoms with Crippen molar-refractivity contribution in [2.24, 2.45) is 0 Å². The lowest BCUT2D eigenvalue weighted by atomic mass is 10.00. The third kappa shape index (κ3) is 2.77. The highest BCUT2D eigenvalue weighted by Crippen LogP contribution is 2.29. The summed E-state index contributed by atoms with van der Waals surface area (Å²) in [5.41, 5.74) is 3.05. The van der Waals surface area contributed by atoms with E-state index in [0.29, 0.717) is 5.56 Å². The first-order valence-corrected chi connectivity index (χ1v) is 8.21. The van der Waals surface area contributed by atoms with Crippen LogP contribution in [-0.2, 0) is 0 Å². The van der Waals surface area contributed by atoms with Crippen LogP contribution in [0.15, 0.2) is 42.9 Å². The standard InChI is InChI=1S/C19H22N4O/c1-12(2)23(13(3)4)19(24)15-8-6-5-7-14(15)17-16-9-10-20-18(16)22-11-21-17/h5-13H,1-4H3,(H,20,21,22). The number of hydrogen-bond donors (Lipinski definition) is 1. The van der Waals surface area contributed by atoms with Crippen molar-refractivity contribution in [1.82, 2.24) is 19.9 Å². The number of carbonyl (C=O) groups excluding carboxylic acids is 1. The summed E-state index contributed by atoms with van der Waals surface area (Å²) in [6.07, 6.45) is 3.36. The minimum Gasteiger partial charge on any atom is -0.346 e. The lowest BCUT2D eigenvalue weighted by molar-refractivity contribution is 0.0644. The summed E-state index contributed by atoms with van der Waals surface area (Å²) < 4.78 is 0. The fraction of sp³-hybridized carbons (Fsp3) is 0.316. The smallest absolute Gasteiger partial charge is 0.255 e. The van der Waals surface area contributed by atoms with Gasteiger partial charge in [-0.05, 0) is 39.8 Å². The number of rotatable bonds is 4. The minimum atomic E-state index is 0.0258. The van der Waals surface area contributed by atoms with Crippen LogP contribution in [0.2, 0.25) is 0 Å². The van der Waals surface area contributed by atoms with Crippen molar-refractivity contribution in [1.29, 1.82) is 0 Å². The van der Waals surface area contributed by atoms with Crippen molar-refractivity contribution in [2.75, 3.05) is 0 Å². The number of nitrogens with zero attached hydrogens (tertiary/aromatic N) is 3. The number of amides is 1. The predicted octanol–water partition coefficient (Wildman–Crippen LogP) is 3.88. The highest BCUT2D eigenvalue weighted by atomic mass is 16.2. The molecule has 0 aliphatic heterocycles. The van der Waals surface area contributed by atoms with Crippen molar-refractivity contribution in [3.63, 3.8) is 0 Å². The van der Waals surface area contributed by atoms with Crippen molar-refractivity contribution in [3.05, 3.63) is 48.4 Å². The zero-order valence-corrected chi connectivity index (χ0v) is 14.4. The Morgan fingerprint density at radius 3 is 2.46 bits per heavy atom. The molecule has 3 rings (SSSR count). The molecular formula is C19H22N4O. The van der Waals surface area contributed by atoms with Gasteiger partial charge in [0, 0.05) is 34.8 Å². The van der Waals surface area contributed by atoms with Crippen LogP contribution in [0.4, 0.5) is 0 Å². The van der Waals surface area contributed by atoms with Crippen molar-refractivity contribution in [3.8, 4) is 11.3 Å². The third-order valence-electron chi connectivity index (χ3n) is 4.11. The second kappa shape index (κ2) is 6.43. The first-order chi connectivity index (χ1) is 11.5. The molecule has 0 spiro atoms. The summed E-state index contributed by atoms with van der Waals surface area (Å²) in [4.78, 5) is 26.8.